The van der Waals surface area contributed by atoms with Crippen LogP contribution in [0.25, 0.3) is 0 Å². The van der Waals surface area contributed by atoms with E-state index in [1.165, 1.54) is 23.2 Å². The van der Waals surface area contributed by atoms with Gasteiger partial charge in [-0.3, -0.25) is 29.6 Å². The quantitative estimate of drug-likeness (QED) is 0.718. The van der Waals surface area contributed by atoms with Gasteiger partial charge in [-0.05, 0) is 67.1 Å². The van der Waals surface area contributed by atoms with Crippen LogP contribution < -0.4 is 5.32 Å². The van der Waals surface area contributed by atoms with Gasteiger partial charge in [-0.15, -0.1) is 0 Å². The van der Waals surface area contributed by atoms with Crippen LogP contribution in [0.5, 0.6) is 0 Å². The van der Waals surface area contributed by atoms with E-state index in [4.69, 9.17) is 0 Å². The molecule has 3 amide bonds. The molecule has 1 aromatic heterocycles. The van der Waals surface area contributed by atoms with Crippen LogP contribution in [-0.4, -0.2) is 51.6 Å². The highest BCUT2D eigenvalue weighted by Crippen LogP contribution is 2.35. The van der Waals surface area contributed by atoms with Crippen molar-refractivity contribution in [3.05, 3.63) is 64.5 Å². The lowest BCUT2D eigenvalue weighted by Crippen LogP contribution is -2.52. The fourth-order valence-electron chi connectivity index (χ4n) is 5.12. The predicted octanol–water partition coefficient (Wildman–Crippen LogP) is 2.50. The molecule has 33 heavy (non-hydrogen) atoms. The Morgan fingerprint density at radius 3 is 2.55 bits per heavy atom. The van der Waals surface area contributed by atoms with Crippen molar-refractivity contribution in [1.82, 2.24) is 20.1 Å². The molecule has 2 saturated heterocycles. The molecule has 1 atom stereocenters. The van der Waals surface area contributed by atoms with Gasteiger partial charge < -0.3 is 4.90 Å². The number of nitrogens with zero attached hydrogens (tertiary/aromatic N) is 3. The summed E-state index contributed by atoms with van der Waals surface area (Å²) in [5, 5.41) is 2.28. The third-order valence-corrected chi connectivity index (χ3v) is 6.84. The van der Waals surface area contributed by atoms with Crippen molar-refractivity contribution >= 4 is 17.7 Å². The molecule has 0 bridgehead atoms. The molecule has 2 fully saturated rings. The van der Waals surface area contributed by atoms with E-state index in [1.807, 2.05) is 0 Å². The van der Waals surface area contributed by atoms with Gasteiger partial charge in [0.25, 0.3) is 5.91 Å². The third kappa shape index (κ3) is 4.25. The van der Waals surface area contributed by atoms with Gasteiger partial charge in [-0.25, -0.2) is 8.78 Å². The van der Waals surface area contributed by atoms with Gasteiger partial charge in [0.15, 0.2) is 0 Å². The van der Waals surface area contributed by atoms with Crippen LogP contribution in [0.15, 0.2) is 30.6 Å². The number of fused-ring (bicyclic) bond motifs is 1. The van der Waals surface area contributed by atoms with E-state index in [-0.39, 0.29) is 48.5 Å². The number of likely N-dealkylation sites (tertiary alicyclic amines) is 1. The molecule has 9 heteroatoms. The smallest absolute Gasteiger partial charge is 0.255 e. The average molecular weight is 454 g/mol. The van der Waals surface area contributed by atoms with Crippen LogP contribution in [0, 0.1) is 11.6 Å². The van der Waals surface area contributed by atoms with Crippen molar-refractivity contribution in [2.45, 2.75) is 50.7 Å². The molecule has 3 aliphatic heterocycles. The summed E-state index contributed by atoms with van der Waals surface area (Å²) in [5.41, 5.74) is 2.41. The first kappa shape index (κ1) is 21.6. The minimum absolute atomic E-state index is 0.0249. The highest BCUT2D eigenvalue weighted by atomic mass is 19.1. The van der Waals surface area contributed by atoms with Gasteiger partial charge in [0.1, 0.15) is 17.7 Å². The molecule has 1 unspecified atom stereocenters. The number of benzene rings is 1. The summed E-state index contributed by atoms with van der Waals surface area (Å²) in [6.07, 6.45) is 4.80. The molecule has 7 nitrogen and oxygen atoms in total. The Kier molecular flexibility index (Phi) is 5.65. The number of imide groups is 1. The number of carbonyl (C=O) groups excluding carboxylic acids is 3. The Morgan fingerprint density at radius 2 is 1.82 bits per heavy atom. The molecule has 3 aliphatic rings. The zero-order chi connectivity index (χ0) is 23.1. The first-order valence-corrected chi connectivity index (χ1v) is 11.2. The largest absolute Gasteiger partial charge is 0.322 e. The van der Waals surface area contributed by atoms with Gasteiger partial charge in [-0.2, -0.15) is 0 Å². The minimum atomic E-state index is -0.713. The molecule has 4 heterocycles. The SMILES string of the molecule is O=C1CCC(N2Cc3cc(C4CCN(Cc5cncc(F)c5)CC4)c(F)cc3C2=O)C(=O)N1. The Labute approximate surface area is 189 Å². The number of carbonyl (C=O) groups is 3. The lowest BCUT2D eigenvalue weighted by molar-refractivity contribution is -0.136. The highest BCUT2D eigenvalue weighted by Gasteiger charge is 2.40. The van der Waals surface area contributed by atoms with E-state index in [9.17, 15) is 18.8 Å². The van der Waals surface area contributed by atoms with E-state index in [0.717, 1.165) is 37.1 Å². The van der Waals surface area contributed by atoms with E-state index >= 15 is 4.39 Å². The topological polar surface area (TPSA) is 82.6 Å². The van der Waals surface area contributed by atoms with Crippen molar-refractivity contribution in [3.63, 3.8) is 0 Å². The van der Waals surface area contributed by atoms with Gasteiger partial charge in [0.2, 0.25) is 11.8 Å². The lowest BCUT2D eigenvalue weighted by atomic mass is 9.87. The molecule has 1 aromatic carbocycles. The first-order valence-electron chi connectivity index (χ1n) is 11.2. The molecular formula is C24H24F2N4O3. The fraction of sp³-hybridized carbons (Fsp3) is 0.417. The summed E-state index contributed by atoms with van der Waals surface area (Å²) in [6, 6.07) is 3.83. The Hall–Kier alpha value is -3.20. The molecule has 172 valence electrons. The van der Waals surface area contributed by atoms with E-state index in [2.05, 4.69) is 15.2 Å². The summed E-state index contributed by atoms with van der Waals surface area (Å²) in [7, 11) is 0. The maximum atomic E-state index is 15.0. The van der Waals surface area contributed by atoms with Crippen LogP contribution in [0.4, 0.5) is 8.78 Å². The molecule has 0 spiro atoms. The number of amides is 3. The normalized spacial score (nSPS) is 21.9. The summed E-state index contributed by atoms with van der Waals surface area (Å²) in [5.74, 6) is -1.92. The van der Waals surface area contributed by atoms with Crippen molar-refractivity contribution < 1.29 is 23.2 Å². The van der Waals surface area contributed by atoms with Gasteiger partial charge in [0, 0.05) is 31.3 Å². The van der Waals surface area contributed by atoms with Crippen molar-refractivity contribution in [2.24, 2.45) is 0 Å². The molecular weight excluding hydrogens is 430 g/mol. The van der Waals surface area contributed by atoms with Crippen LogP contribution in [-0.2, 0) is 22.7 Å². The van der Waals surface area contributed by atoms with Gasteiger partial charge >= 0.3 is 0 Å². The molecule has 2 aromatic rings. The number of nitrogens with one attached hydrogen (secondary N) is 1. The van der Waals surface area contributed by atoms with Gasteiger partial charge in [0.05, 0.1) is 6.20 Å². The fourth-order valence-corrected chi connectivity index (χ4v) is 5.12. The molecule has 5 rings (SSSR count). The zero-order valence-corrected chi connectivity index (χ0v) is 18.0. The second-order valence-electron chi connectivity index (χ2n) is 8.99. The average Bonchev–Trinajstić information content (AvgIpc) is 3.09. The van der Waals surface area contributed by atoms with Crippen molar-refractivity contribution in [2.75, 3.05) is 13.1 Å². The second kappa shape index (κ2) is 8.62. The number of aromatic nitrogens is 1. The minimum Gasteiger partial charge on any atom is -0.322 e. The molecule has 0 saturated carbocycles. The van der Waals surface area contributed by atoms with E-state index in [0.29, 0.717) is 12.1 Å². The monoisotopic (exact) mass is 454 g/mol. The number of hydrogen-bond acceptors (Lipinski definition) is 5. The number of halogens is 2. The number of pyridine rings is 1. The maximum Gasteiger partial charge on any atom is 0.255 e. The van der Waals surface area contributed by atoms with Gasteiger partial charge in [-0.1, -0.05) is 6.07 Å². The van der Waals surface area contributed by atoms with E-state index < -0.39 is 17.8 Å². The lowest BCUT2D eigenvalue weighted by Gasteiger charge is -2.32. The Balaban J connectivity index is 1.27. The predicted molar refractivity (Wildman–Crippen MR) is 114 cm³/mol. The van der Waals surface area contributed by atoms with E-state index in [1.54, 1.807) is 12.3 Å². The second-order valence-corrected chi connectivity index (χ2v) is 8.99. The summed E-state index contributed by atoms with van der Waals surface area (Å²) in [4.78, 5) is 44.0. The Bertz CT molecular complexity index is 1130. The number of piperidine rings is 2. The zero-order valence-electron chi connectivity index (χ0n) is 18.0. The summed E-state index contributed by atoms with van der Waals surface area (Å²) in [6.45, 7) is 2.33. The Morgan fingerprint density at radius 1 is 1.03 bits per heavy atom. The molecule has 0 aliphatic carbocycles. The molecule has 0 radical (unpaired) electrons. The van der Waals surface area contributed by atoms with Crippen molar-refractivity contribution in [3.8, 4) is 0 Å². The highest BCUT2D eigenvalue weighted by molar-refractivity contribution is 6.05. The number of hydrogen-bond donors (Lipinski definition) is 1. The third-order valence-electron chi connectivity index (χ3n) is 6.84. The summed E-state index contributed by atoms with van der Waals surface area (Å²) >= 11 is 0. The maximum absolute atomic E-state index is 15.0. The summed E-state index contributed by atoms with van der Waals surface area (Å²) < 4.78 is 28.4. The van der Waals surface area contributed by atoms with Crippen LogP contribution in [0.2, 0.25) is 0 Å². The first-order chi connectivity index (χ1) is 15.9. The number of rotatable bonds is 4. The molecule has 1 N–H and O–H groups in total. The van der Waals surface area contributed by atoms with Crippen molar-refractivity contribution in [1.29, 1.82) is 0 Å². The van der Waals surface area contributed by atoms with Crippen LogP contribution >= 0.6 is 0 Å². The van der Waals surface area contributed by atoms with Crippen LogP contribution in [0.1, 0.15) is 58.6 Å². The van der Waals surface area contributed by atoms with Crippen LogP contribution in [0.3, 0.4) is 0 Å². The standard InChI is InChI=1S/C24H24F2N4O3/c25-17-7-14(10-27-11-17)12-29-5-3-15(4-6-29)18-8-16-13-30(24(33)19(16)9-20(18)26)21-1-2-22(31)28-23(21)32/h7-11,15,21H,1-6,12-13H2,(H,28,31,32).